The lowest BCUT2D eigenvalue weighted by atomic mass is 9.48. The largest absolute Gasteiger partial charge is 0.481 e. The zero-order chi connectivity index (χ0) is 25.2. The molecule has 0 aromatic rings. The van der Waals surface area contributed by atoms with Crippen molar-refractivity contribution in [3.63, 3.8) is 0 Å². The number of Topliss-reactive ketones (excluding diaryl/α,β-unsaturated/α-hetero) is 1. The highest BCUT2D eigenvalue weighted by Crippen LogP contribution is 2.65. The maximum atomic E-state index is 13.9. The lowest BCUT2D eigenvalue weighted by molar-refractivity contribution is -0.140. The second-order valence-electron chi connectivity index (χ2n) is 12.6. The van der Waals surface area contributed by atoms with E-state index in [1.165, 1.54) is 0 Å². The Morgan fingerprint density at radius 1 is 1.18 bits per heavy atom. The summed E-state index contributed by atoms with van der Waals surface area (Å²) in [6.07, 6.45) is 5.35. The molecule has 0 radical (unpaired) electrons. The van der Waals surface area contributed by atoms with E-state index < -0.39 is 18.0 Å². The molecular formula is C29H44O5. The number of carbonyl (C=O) groups is 2. The van der Waals surface area contributed by atoms with Crippen LogP contribution in [0.15, 0.2) is 23.3 Å². The molecule has 0 aromatic carbocycles. The number of ketones is 1. The van der Waals surface area contributed by atoms with E-state index in [1.807, 2.05) is 0 Å². The standard InChI is InChI=1S/C29H44O5/c1-15(17(3)27(33)34)7-8-16(2)19-9-10-20-25-23(31)13-21-18(4)22(30)11-12-28(21,5)26(25)24(32)14-29(19,20)6/h16-23,30-31H,1,7-14H2,2-6H3,(H,33,34)/t16-,17?,18+,19-,20+,21?,22-,23+,28+,29-/m1/s1. The Bertz CT molecular complexity index is 904. The smallest absolute Gasteiger partial charge is 0.310 e. The SMILES string of the molecule is C=C(CC[C@@H](C)[C@H]1CC[C@H]2C3=C(C(=O)C[C@]12C)[C@@]1(C)CC[C@@H](O)[C@@H](C)C1C[C@@H]3O)C(C)C(=O)O. The molecule has 0 spiro atoms. The number of aliphatic hydroxyl groups excluding tert-OH is 2. The highest BCUT2D eigenvalue weighted by Gasteiger charge is 2.61. The molecule has 10 atom stereocenters. The van der Waals surface area contributed by atoms with Crippen LogP contribution in [-0.2, 0) is 9.59 Å². The summed E-state index contributed by atoms with van der Waals surface area (Å²) in [6, 6.07) is 0. The number of carboxylic acid groups (broad SMARTS) is 1. The van der Waals surface area contributed by atoms with Crippen molar-refractivity contribution >= 4 is 11.8 Å². The molecule has 5 heteroatoms. The van der Waals surface area contributed by atoms with Crippen LogP contribution in [0.4, 0.5) is 0 Å². The molecule has 2 saturated carbocycles. The molecule has 4 aliphatic carbocycles. The van der Waals surface area contributed by atoms with Crippen LogP contribution < -0.4 is 0 Å². The van der Waals surface area contributed by atoms with Gasteiger partial charge in [-0.2, -0.15) is 0 Å². The maximum absolute atomic E-state index is 13.9. The number of aliphatic hydroxyl groups is 2. The van der Waals surface area contributed by atoms with Crippen LogP contribution in [0.25, 0.3) is 0 Å². The topological polar surface area (TPSA) is 94.8 Å². The van der Waals surface area contributed by atoms with Gasteiger partial charge in [-0.25, -0.2) is 0 Å². The number of aliphatic carboxylic acids is 1. The molecule has 190 valence electrons. The number of carboxylic acids is 1. The summed E-state index contributed by atoms with van der Waals surface area (Å²) >= 11 is 0. The number of hydrogen-bond donors (Lipinski definition) is 3. The van der Waals surface area contributed by atoms with E-state index in [2.05, 4.69) is 34.3 Å². The summed E-state index contributed by atoms with van der Waals surface area (Å²) in [7, 11) is 0. The Kier molecular flexibility index (Phi) is 6.70. The number of rotatable bonds is 6. The van der Waals surface area contributed by atoms with E-state index in [1.54, 1.807) is 6.92 Å². The molecule has 4 aliphatic rings. The zero-order valence-corrected chi connectivity index (χ0v) is 21.6. The average molecular weight is 473 g/mol. The second kappa shape index (κ2) is 8.89. The first kappa shape index (κ1) is 25.6. The fourth-order valence-corrected chi connectivity index (χ4v) is 8.68. The van der Waals surface area contributed by atoms with Gasteiger partial charge in [0.15, 0.2) is 5.78 Å². The van der Waals surface area contributed by atoms with Gasteiger partial charge in [-0.05, 0) is 97.9 Å². The van der Waals surface area contributed by atoms with Crippen LogP contribution in [0, 0.1) is 46.3 Å². The normalized spacial score (nSPS) is 43.6. The van der Waals surface area contributed by atoms with Crippen molar-refractivity contribution in [1.29, 1.82) is 0 Å². The summed E-state index contributed by atoms with van der Waals surface area (Å²) < 4.78 is 0. The molecule has 0 bridgehead atoms. The molecule has 3 N–H and O–H groups in total. The Morgan fingerprint density at radius 2 is 1.85 bits per heavy atom. The van der Waals surface area contributed by atoms with E-state index in [4.69, 9.17) is 0 Å². The Morgan fingerprint density at radius 3 is 2.50 bits per heavy atom. The van der Waals surface area contributed by atoms with Crippen molar-refractivity contribution in [2.75, 3.05) is 0 Å². The van der Waals surface area contributed by atoms with Gasteiger partial charge >= 0.3 is 5.97 Å². The summed E-state index contributed by atoms with van der Waals surface area (Å²) in [5.41, 5.74) is 2.28. The van der Waals surface area contributed by atoms with Crippen molar-refractivity contribution in [3.8, 4) is 0 Å². The van der Waals surface area contributed by atoms with Gasteiger partial charge in [-0.3, -0.25) is 9.59 Å². The molecule has 2 fully saturated rings. The van der Waals surface area contributed by atoms with Crippen LogP contribution in [0.1, 0.15) is 86.0 Å². The Labute approximate surface area is 204 Å². The van der Waals surface area contributed by atoms with Gasteiger partial charge in [0.1, 0.15) is 0 Å². The molecule has 0 saturated heterocycles. The lowest BCUT2D eigenvalue weighted by Crippen LogP contribution is -2.54. The van der Waals surface area contributed by atoms with Gasteiger partial charge in [-0.1, -0.05) is 39.8 Å². The predicted octanol–water partition coefficient (Wildman–Crippen LogP) is 5.16. The van der Waals surface area contributed by atoms with E-state index in [9.17, 15) is 24.9 Å². The first-order chi connectivity index (χ1) is 15.8. The molecular weight excluding hydrogens is 428 g/mol. The predicted molar refractivity (Wildman–Crippen MR) is 132 cm³/mol. The number of allylic oxidation sites excluding steroid dienone is 1. The van der Waals surface area contributed by atoms with Crippen molar-refractivity contribution < 1.29 is 24.9 Å². The minimum absolute atomic E-state index is 0.0844. The third kappa shape index (κ3) is 3.82. The van der Waals surface area contributed by atoms with E-state index >= 15 is 0 Å². The second-order valence-corrected chi connectivity index (χ2v) is 12.6. The molecule has 0 heterocycles. The van der Waals surface area contributed by atoms with Crippen molar-refractivity contribution in [3.05, 3.63) is 23.3 Å². The van der Waals surface area contributed by atoms with Crippen molar-refractivity contribution in [2.24, 2.45) is 46.3 Å². The molecule has 5 nitrogen and oxygen atoms in total. The van der Waals surface area contributed by atoms with Gasteiger partial charge in [0, 0.05) is 12.0 Å². The minimum Gasteiger partial charge on any atom is -0.481 e. The fourth-order valence-electron chi connectivity index (χ4n) is 8.68. The lowest BCUT2D eigenvalue weighted by Gasteiger charge is -2.57. The monoisotopic (exact) mass is 472 g/mol. The summed E-state index contributed by atoms with van der Waals surface area (Å²) in [5.74, 6) is 0.0224. The fraction of sp³-hybridized carbons (Fsp3) is 0.793. The van der Waals surface area contributed by atoms with E-state index in [0.717, 1.165) is 42.4 Å². The third-order valence-electron chi connectivity index (χ3n) is 10.9. The molecule has 34 heavy (non-hydrogen) atoms. The Balaban J connectivity index is 1.60. The van der Waals surface area contributed by atoms with Crippen LogP contribution in [0.5, 0.6) is 0 Å². The van der Waals surface area contributed by atoms with Gasteiger partial charge < -0.3 is 15.3 Å². The highest BCUT2D eigenvalue weighted by molar-refractivity contribution is 5.99. The number of fused-ring (bicyclic) bond motifs is 4. The van der Waals surface area contributed by atoms with Crippen LogP contribution in [0.2, 0.25) is 0 Å². The van der Waals surface area contributed by atoms with Crippen LogP contribution >= 0.6 is 0 Å². The van der Waals surface area contributed by atoms with Gasteiger partial charge in [0.05, 0.1) is 18.1 Å². The van der Waals surface area contributed by atoms with E-state index in [0.29, 0.717) is 37.5 Å². The van der Waals surface area contributed by atoms with Gasteiger partial charge in [0.25, 0.3) is 0 Å². The van der Waals surface area contributed by atoms with Gasteiger partial charge in [0.2, 0.25) is 0 Å². The molecule has 0 aliphatic heterocycles. The first-order valence-electron chi connectivity index (χ1n) is 13.4. The first-order valence-corrected chi connectivity index (χ1v) is 13.4. The molecule has 0 amide bonds. The minimum atomic E-state index is -0.828. The van der Waals surface area contributed by atoms with Crippen molar-refractivity contribution in [2.45, 2.75) is 98.2 Å². The van der Waals surface area contributed by atoms with Gasteiger partial charge in [-0.15, -0.1) is 0 Å². The highest BCUT2D eigenvalue weighted by atomic mass is 16.4. The molecule has 0 aromatic heterocycles. The summed E-state index contributed by atoms with van der Waals surface area (Å²) in [6.45, 7) is 14.5. The zero-order valence-electron chi connectivity index (χ0n) is 21.6. The number of hydrogen-bond acceptors (Lipinski definition) is 4. The maximum Gasteiger partial charge on any atom is 0.310 e. The third-order valence-corrected chi connectivity index (χ3v) is 10.9. The number of carbonyl (C=O) groups excluding carboxylic acids is 1. The average Bonchev–Trinajstić information content (AvgIpc) is 3.11. The molecule has 2 unspecified atom stereocenters. The van der Waals surface area contributed by atoms with Crippen molar-refractivity contribution in [1.82, 2.24) is 0 Å². The quantitative estimate of drug-likeness (QED) is 0.464. The molecule has 4 rings (SSSR count). The Hall–Kier alpha value is -1.46. The van der Waals surface area contributed by atoms with E-state index in [-0.39, 0.29) is 40.5 Å². The summed E-state index contributed by atoms with van der Waals surface area (Å²) in [4.78, 5) is 25.2. The van der Waals surface area contributed by atoms with Crippen LogP contribution in [-0.4, -0.2) is 39.3 Å². The summed E-state index contributed by atoms with van der Waals surface area (Å²) in [5, 5.41) is 31.2. The van der Waals surface area contributed by atoms with Crippen LogP contribution in [0.3, 0.4) is 0 Å².